The van der Waals surface area contributed by atoms with E-state index in [2.05, 4.69) is 10.3 Å². The van der Waals surface area contributed by atoms with Crippen LogP contribution in [0.2, 0.25) is 0 Å². The standard InChI is InChI=1S/C12H12N4O2S/c13-12(19)7-16-9(6-14-15-16)8-1-2-10-11(5-8)18-4-3-17-10/h1-2,5-6H,3-4,7H2,(H2,13,19). The Morgan fingerprint density at radius 2 is 2.11 bits per heavy atom. The zero-order valence-electron chi connectivity index (χ0n) is 10.1. The Morgan fingerprint density at radius 1 is 1.32 bits per heavy atom. The van der Waals surface area contributed by atoms with Crippen molar-refractivity contribution in [1.82, 2.24) is 15.0 Å². The number of nitrogens with two attached hydrogens (primary N) is 1. The Balaban J connectivity index is 1.98. The molecule has 0 radical (unpaired) electrons. The van der Waals surface area contributed by atoms with Crippen molar-refractivity contribution in [3.63, 3.8) is 0 Å². The van der Waals surface area contributed by atoms with Crippen LogP contribution in [0.4, 0.5) is 0 Å². The monoisotopic (exact) mass is 276 g/mol. The van der Waals surface area contributed by atoms with E-state index in [-0.39, 0.29) is 0 Å². The lowest BCUT2D eigenvalue weighted by molar-refractivity contribution is 0.171. The number of hydrogen-bond donors (Lipinski definition) is 1. The molecule has 1 aliphatic heterocycles. The summed E-state index contributed by atoms with van der Waals surface area (Å²) in [7, 11) is 0. The molecule has 1 aromatic heterocycles. The predicted molar refractivity (Wildman–Crippen MR) is 73.2 cm³/mol. The quantitative estimate of drug-likeness (QED) is 0.843. The van der Waals surface area contributed by atoms with E-state index >= 15 is 0 Å². The molecule has 19 heavy (non-hydrogen) atoms. The third-order valence-corrected chi connectivity index (χ3v) is 2.89. The zero-order valence-corrected chi connectivity index (χ0v) is 10.9. The second-order valence-corrected chi connectivity index (χ2v) is 4.63. The van der Waals surface area contributed by atoms with Crippen LogP contribution in [0.25, 0.3) is 11.3 Å². The van der Waals surface area contributed by atoms with Gasteiger partial charge in [-0.2, -0.15) is 0 Å². The van der Waals surface area contributed by atoms with E-state index < -0.39 is 0 Å². The fourth-order valence-corrected chi connectivity index (χ4v) is 2.07. The van der Waals surface area contributed by atoms with Gasteiger partial charge >= 0.3 is 0 Å². The van der Waals surface area contributed by atoms with Crippen LogP contribution in [-0.4, -0.2) is 33.2 Å². The number of hydrogen-bond acceptors (Lipinski definition) is 5. The maximum atomic E-state index is 5.56. The van der Waals surface area contributed by atoms with Crippen molar-refractivity contribution < 1.29 is 9.47 Å². The van der Waals surface area contributed by atoms with Crippen LogP contribution in [0.1, 0.15) is 0 Å². The fourth-order valence-electron chi connectivity index (χ4n) is 1.95. The molecular formula is C12H12N4O2S. The maximum Gasteiger partial charge on any atom is 0.162 e. The summed E-state index contributed by atoms with van der Waals surface area (Å²) in [5.74, 6) is 1.48. The van der Waals surface area contributed by atoms with Crippen molar-refractivity contribution in [2.75, 3.05) is 13.2 Å². The summed E-state index contributed by atoms with van der Waals surface area (Å²) >= 11 is 4.89. The molecule has 1 aliphatic rings. The first-order valence-corrected chi connectivity index (χ1v) is 6.21. The van der Waals surface area contributed by atoms with Gasteiger partial charge in [0.15, 0.2) is 11.5 Å². The molecule has 0 amide bonds. The van der Waals surface area contributed by atoms with E-state index in [1.54, 1.807) is 10.9 Å². The topological polar surface area (TPSA) is 75.2 Å². The third kappa shape index (κ3) is 2.37. The lowest BCUT2D eigenvalue weighted by Gasteiger charge is -2.18. The molecule has 98 valence electrons. The smallest absolute Gasteiger partial charge is 0.162 e. The molecule has 0 fully saturated rings. The lowest BCUT2D eigenvalue weighted by Crippen LogP contribution is -2.18. The average Bonchev–Trinajstić information content (AvgIpc) is 2.85. The van der Waals surface area contributed by atoms with Gasteiger partial charge in [-0.05, 0) is 18.2 Å². The van der Waals surface area contributed by atoms with Crippen LogP contribution in [0.15, 0.2) is 24.4 Å². The van der Waals surface area contributed by atoms with Crippen molar-refractivity contribution in [3.8, 4) is 22.8 Å². The second-order valence-electron chi connectivity index (χ2n) is 4.10. The van der Waals surface area contributed by atoms with E-state index in [0.717, 1.165) is 22.8 Å². The van der Waals surface area contributed by atoms with Crippen molar-refractivity contribution in [3.05, 3.63) is 24.4 Å². The third-order valence-electron chi connectivity index (χ3n) is 2.76. The molecule has 1 aromatic carbocycles. The maximum absolute atomic E-state index is 5.56. The Bertz CT molecular complexity index is 626. The van der Waals surface area contributed by atoms with Gasteiger partial charge in [-0.25, -0.2) is 4.68 Å². The van der Waals surface area contributed by atoms with E-state index in [1.165, 1.54) is 0 Å². The normalized spacial score (nSPS) is 13.3. The number of nitrogens with zero attached hydrogens (tertiary/aromatic N) is 3. The molecule has 0 saturated carbocycles. The minimum Gasteiger partial charge on any atom is -0.486 e. The Hall–Kier alpha value is -2.15. The van der Waals surface area contributed by atoms with Gasteiger partial charge in [0.05, 0.1) is 23.4 Å². The summed E-state index contributed by atoms with van der Waals surface area (Å²) in [6.45, 7) is 1.49. The van der Waals surface area contributed by atoms with Crippen molar-refractivity contribution >= 4 is 17.2 Å². The molecule has 3 rings (SSSR count). The van der Waals surface area contributed by atoms with Gasteiger partial charge in [-0.1, -0.05) is 17.4 Å². The Kier molecular flexibility index (Phi) is 3.04. The first-order chi connectivity index (χ1) is 9.24. The molecule has 0 spiro atoms. The van der Waals surface area contributed by atoms with Crippen LogP contribution in [0.3, 0.4) is 0 Å². The second kappa shape index (κ2) is 4.85. The van der Waals surface area contributed by atoms with E-state index in [0.29, 0.717) is 24.7 Å². The summed E-state index contributed by atoms with van der Waals surface area (Å²) in [4.78, 5) is 0.365. The van der Waals surface area contributed by atoms with Gasteiger partial charge in [0.25, 0.3) is 0 Å². The molecule has 0 atom stereocenters. The van der Waals surface area contributed by atoms with Gasteiger partial charge in [-0.3, -0.25) is 0 Å². The van der Waals surface area contributed by atoms with E-state index in [4.69, 9.17) is 27.4 Å². The van der Waals surface area contributed by atoms with Crippen molar-refractivity contribution in [2.24, 2.45) is 5.73 Å². The van der Waals surface area contributed by atoms with Crippen molar-refractivity contribution in [2.45, 2.75) is 6.54 Å². The summed E-state index contributed by atoms with van der Waals surface area (Å²) in [6.07, 6.45) is 1.67. The summed E-state index contributed by atoms with van der Waals surface area (Å²) < 4.78 is 12.7. The molecular weight excluding hydrogens is 264 g/mol. The molecule has 6 nitrogen and oxygen atoms in total. The summed E-state index contributed by atoms with van der Waals surface area (Å²) in [6, 6.07) is 5.72. The van der Waals surface area contributed by atoms with Crippen LogP contribution < -0.4 is 15.2 Å². The van der Waals surface area contributed by atoms with Gasteiger partial charge in [0.2, 0.25) is 0 Å². The number of aromatic nitrogens is 3. The first kappa shape index (κ1) is 11.9. The van der Waals surface area contributed by atoms with Gasteiger partial charge in [0.1, 0.15) is 13.2 Å². The fraction of sp³-hybridized carbons (Fsp3) is 0.250. The molecule has 0 saturated heterocycles. The van der Waals surface area contributed by atoms with E-state index in [9.17, 15) is 0 Å². The highest BCUT2D eigenvalue weighted by atomic mass is 32.1. The van der Waals surface area contributed by atoms with Crippen molar-refractivity contribution in [1.29, 1.82) is 0 Å². The molecule has 0 unspecified atom stereocenters. The number of benzene rings is 1. The minimum absolute atomic E-state index is 0.360. The van der Waals surface area contributed by atoms with Crippen LogP contribution in [-0.2, 0) is 6.54 Å². The predicted octanol–water partition coefficient (Wildman–Crippen LogP) is 1.00. The molecule has 2 heterocycles. The molecule has 0 aliphatic carbocycles. The van der Waals surface area contributed by atoms with Gasteiger partial charge < -0.3 is 15.2 Å². The molecule has 0 bridgehead atoms. The number of ether oxygens (including phenoxy) is 2. The number of thiocarbonyl (C=S) groups is 1. The highest BCUT2D eigenvalue weighted by Crippen LogP contribution is 2.34. The van der Waals surface area contributed by atoms with Crippen LogP contribution in [0, 0.1) is 0 Å². The number of rotatable bonds is 3. The van der Waals surface area contributed by atoms with Gasteiger partial charge in [0, 0.05) is 5.56 Å². The molecule has 7 heteroatoms. The lowest BCUT2D eigenvalue weighted by atomic mass is 10.1. The largest absolute Gasteiger partial charge is 0.486 e. The first-order valence-electron chi connectivity index (χ1n) is 5.81. The average molecular weight is 276 g/mol. The molecule has 2 N–H and O–H groups in total. The minimum atomic E-state index is 0.360. The summed E-state index contributed by atoms with van der Waals surface area (Å²) in [5, 5.41) is 7.86. The SMILES string of the molecule is NC(=S)Cn1nncc1-c1ccc2c(c1)OCCO2. The molecule has 2 aromatic rings. The highest BCUT2D eigenvalue weighted by Gasteiger charge is 2.14. The number of fused-ring (bicyclic) bond motifs is 1. The highest BCUT2D eigenvalue weighted by molar-refractivity contribution is 7.80. The summed E-state index contributed by atoms with van der Waals surface area (Å²) in [5.41, 5.74) is 7.31. The van der Waals surface area contributed by atoms with E-state index in [1.807, 2.05) is 18.2 Å². The zero-order chi connectivity index (χ0) is 13.2. The van der Waals surface area contributed by atoms with Crippen LogP contribution >= 0.6 is 12.2 Å². The Labute approximate surface area is 115 Å². The van der Waals surface area contributed by atoms with Crippen LogP contribution in [0.5, 0.6) is 11.5 Å². The van der Waals surface area contributed by atoms with Gasteiger partial charge in [-0.15, -0.1) is 5.10 Å². The Morgan fingerprint density at radius 3 is 2.89 bits per heavy atom.